The summed E-state index contributed by atoms with van der Waals surface area (Å²) in [6.45, 7) is 9.78. The fourth-order valence-electron chi connectivity index (χ4n) is 2.79. The van der Waals surface area contributed by atoms with Crippen LogP contribution in [0.3, 0.4) is 0 Å². The summed E-state index contributed by atoms with van der Waals surface area (Å²) in [4.78, 5) is 14.9. The van der Waals surface area contributed by atoms with Gasteiger partial charge in [-0.3, -0.25) is 4.79 Å². The Bertz CT molecular complexity index is 482. The first-order valence-electron chi connectivity index (χ1n) is 7.73. The van der Waals surface area contributed by atoms with E-state index in [1.807, 2.05) is 18.2 Å². The van der Waals surface area contributed by atoms with Crippen molar-refractivity contribution in [2.75, 3.05) is 51.2 Å². The third-order valence-corrected chi connectivity index (χ3v) is 4.33. The van der Waals surface area contributed by atoms with Gasteiger partial charge < -0.3 is 20.2 Å². The highest BCUT2D eigenvalue weighted by molar-refractivity contribution is 5.91. The Labute approximate surface area is 126 Å². The van der Waals surface area contributed by atoms with Gasteiger partial charge in [0.15, 0.2) is 6.54 Å². The summed E-state index contributed by atoms with van der Waals surface area (Å²) in [5, 5.41) is 11.9. The maximum Gasteiger partial charge on any atom is 0.279 e. The van der Waals surface area contributed by atoms with Crippen LogP contribution in [0, 0.1) is 13.8 Å². The number of piperazine rings is 1. The van der Waals surface area contributed by atoms with Crippen molar-refractivity contribution < 1.29 is 19.7 Å². The molecule has 2 rings (SSSR count). The molecule has 0 bridgehead atoms. The summed E-state index contributed by atoms with van der Waals surface area (Å²) >= 11 is 0. The average Bonchev–Trinajstić information content (AvgIpc) is 2.45. The summed E-state index contributed by atoms with van der Waals surface area (Å²) in [5.74, 6) is 0.0823. The van der Waals surface area contributed by atoms with Gasteiger partial charge in [0.05, 0.1) is 6.61 Å². The summed E-state index contributed by atoms with van der Waals surface area (Å²) in [6.07, 6.45) is 0. The Morgan fingerprint density at radius 2 is 1.81 bits per heavy atom. The van der Waals surface area contributed by atoms with Crippen LogP contribution in [0.5, 0.6) is 0 Å². The molecule has 1 aromatic rings. The van der Waals surface area contributed by atoms with Crippen LogP contribution >= 0.6 is 0 Å². The van der Waals surface area contributed by atoms with Gasteiger partial charge in [-0.25, -0.2) is 0 Å². The van der Waals surface area contributed by atoms with Gasteiger partial charge in [0.25, 0.3) is 5.91 Å². The number of aryl methyl sites for hydroxylation is 2. The first kappa shape index (κ1) is 15.9. The number of quaternary nitrogens is 2. The van der Waals surface area contributed by atoms with Crippen molar-refractivity contribution in [1.82, 2.24) is 0 Å². The second kappa shape index (κ2) is 7.54. The molecular weight excluding hydrogens is 266 g/mol. The van der Waals surface area contributed by atoms with E-state index in [0.717, 1.165) is 38.4 Å². The molecule has 1 heterocycles. The molecule has 0 saturated carbocycles. The first-order valence-corrected chi connectivity index (χ1v) is 7.73. The van der Waals surface area contributed by atoms with E-state index in [2.05, 4.69) is 19.2 Å². The van der Waals surface area contributed by atoms with Gasteiger partial charge in [-0.15, -0.1) is 0 Å². The molecule has 5 nitrogen and oxygen atoms in total. The number of amides is 1. The molecular formula is C16H27N3O2+2. The van der Waals surface area contributed by atoms with Gasteiger partial charge in [-0.1, -0.05) is 6.07 Å². The largest absolute Gasteiger partial charge is 0.391 e. The quantitative estimate of drug-likeness (QED) is 0.508. The molecule has 0 aliphatic carbocycles. The van der Waals surface area contributed by atoms with Gasteiger partial charge in [0.1, 0.15) is 32.7 Å². The van der Waals surface area contributed by atoms with Crippen molar-refractivity contribution in [3.63, 3.8) is 0 Å². The second-order valence-corrected chi connectivity index (χ2v) is 6.00. The first-order chi connectivity index (χ1) is 10.1. The molecule has 0 atom stereocenters. The number of hydrogen-bond donors (Lipinski definition) is 4. The number of aliphatic hydroxyl groups excluding tert-OH is 1. The zero-order valence-electron chi connectivity index (χ0n) is 13.0. The van der Waals surface area contributed by atoms with Gasteiger partial charge in [0.2, 0.25) is 0 Å². The fraction of sp³-hybridized carbons (Fsp3) is 0.562. The van der Waals surface area contributed by atoms with Crippen LogP contribution in [0.1, 0.15) is 11.1 Å². The number of carbonyl (C=O) groups is 1. The lowest BCUT2D eigenvalue weighted by molar-refractivity contribution is -1.01. The third-order valence-electron chi connectivity index (χ3n) is 4.33. The molecule has 0 radical (unpaired) electrons. The molecule has 4 N–H and O–H groups in total. The van der Waals surface area contributed by atoms with E-state index in [1.165, 1.54) is 20.9 Å². The Kier molecular flexibility index (Phi) is 5.73. The van der Waals surface area contributed by atoms with Crippen LogP contribution in [0.4, 0.5) is 5.69 Å². The molecule has 1 saturated heterocycles. The van der Waals surface area contributed by atoms with E-state index in [0.29, 0.717) is 6.54 Å². The molecule has 5 heteroatoms. The zero-order valence-corrected chi connectivity index (χ0v) is 13.0. The lowest BCUT2D eigenvalue weighted by Crippen LogP contribution is -3.28. The summed E-state index contributed by atoms with van der Waals surface area (Å²) in [7, 11) is 0. The second-order valence-electron chi connectivity index (χ2n) is 6.00. The molecule has 116 valence electrons. The number of benzene rings is 1. The minimum absolute atomic E-state index is 0.0823. The molecule has 1 aromatic carbocycles. The SMILES string of the molecule is Cc1ccc(NC(=O)C[NH+]2CC[NH+](CCO)CC2)cc1C. The van der Waals surface area contributed by atoms with Crippen molar-refractivity contribution in [1.29, 1.82) is 0 Å². The van der Waals surface area contributed by atoms with Gasteiger partial charge in [-0.05, 0) is 37.1 Å². The minimum Gasteiger partial charge on any atom is -0.391 e. The number of carbonyl (C=O) groups excluding carboxylic acids is 1. The molecule has 1 fully saturated rings. The van der Waals surface area contributed by atoms with Crippen molar-refractivity contribution in [3.05, 3.63) is 29.3 Å². The summed E-state index contributed by atoms with van der Waals surface area (Å²) in [6, 6.07) is 6.01. The lowest BCUT2D eigenvalue weighted by atomic mass is 10.1. The Hall–Kier alpha value is -1.43. The monoisotopic (exact) mass is 293 g/mol. The molecule has 0 unspecified atom stereocenters. The van der Waals surface area contributed by atoms with E-state index in [9.17, 15) is 4.79 Å². The summed E-state index contributed by atoms with van der Waals surface area (Å²) in [5.41, 5.74) is 3.31. The van der Waals surface area contributed by atoms with E-state index in [-0.39, 0.29) is 12.5 Å². The van der Waals surface area contributed by atoms with Crippen molar-refractivity contribution >= 4 is 11.6 Å². The standard InChI is InChI=1S/C16H25N3O2/c1-13-3-4-15(11-14(13)2)17-16(21)12-19-7-5-18(6-8-19)9-10-20/h3-4,11,20H,5-10,12H2,1-2H3,(H,17,21)/p+2. The van der Waals surface area contributed by atoms with Crippen LogP contribution in [0.25, 0.3) is 0 Å². The number of nitrogens with one attached hydrogen (secondary N) is 3. The predicted molar refractivity (Wildman–Crippen MR) is 82.8 cm³/mol. The molecule has 21 heavy (non-hydrogen) atoms. The number of hydrogen-bond acceptors (Lipinski definition) is 2. The molecule has 1 aliphatic heterocycles. The normalized spacial score (nSPS) is 22.0. The van der Waals surface area contributed by atoms with Crippen LogP contribution in [-0.2, 0) is 4.79 Å². The van der Waals surface area contributed by atoms with E-state index >= 15 is 0 Å². The van der Waals surface area contributed by atoms with Gasteiger partial charge in [0, 0.05) is 5.69 Å². The van der Waals surface area contributed by atoms with E-state index in [1.54, 1.807) is 0 Å². The van der Waals surface area contributed by atoms with Gasteiger partial charge in [-0.2, -0.15) is 0 Å². The van der Waals surface area contributed by atoms with Crippen molar-refractivity contribution in [2.45, 2.75) is 13.8 Å². The highest BCUT2D eigenvalue weighted by Gasteiger charge is 2.24. The highest BCUT2D eigenvalue weighted by atomic mass is 16.3. The van der Waals surface area contributed by atoms with Crippen LogP contribution < -0.4 is 15.1 Å². The maximum atomic E-state index is 12.1. The predicted octanol–water partition coefficient (Wildman–Crippen LogP) is -1.98. The molecule has 1 amide bonds. The molecule has 0 aromatic heterocycles. The fourth-order valence-corrected chi connectivity index (χ4v) is 2.79. The summed E-state index contributed by atoms with van der Waals surface area (Å²) < 4.78 is 0. The third kappa shape index (κ3) is 4.81. The van der Waals surface area contributed by atoms with E-state index < -0.39 is 0 Å². The maximum absolute atomic E-state index is 12.1. The average molecular weight is 293 g/mol. The lowest BCUT2D eigenvalue weighted by Gasteiger charge is -2.28. The van der Waals surface area contributed by atoms with Gasteiger partial charge >= 0.3 is 0 Å². The van der Waals surface area contributed by atoms with E-state index in [4.69, 9.17) is 5.11 Å². The Balaban J connectivity index is 1.78. The number of rotatable bonds is 5. The van der Waals surface area contributed by atoms with Crippen molar-refractivity contribution in [3.8, 4) is 0 Å². The number of anilines is 1. The number of aliphatic hydroxyl groups is 1. The molecule has 1 aliphatic rings. The van der Waals surface area contributed by atoms with Crippen molar-refractivity contribution in [2.24, 2.45) is 0 Å². The minimum atomic E-state index is 0.0823. The topological polar surface area (TPSA) is 58.2 Å². The Morgan fingerprint density at radius 1 is 1.14 bits per heavy atom. The smallest absolute Gasteiger partial charge is 0.279 e. The molecule has 0 spiro atoms. The van der Waals surface area contributed by atoms with Crippen LogP contribution in [-0.4, -0.2) is 56.9 Å². The Morgan fingerprint density at radius 3 is 2.43 bits per heavy atom. The van der Waals surface area contributed by atoms with Crippen LogP contribution in [0.2, 0.25) is 0 Å². The van der Waals surface area contributed by atoms with Crippen LogP contribution in [0.15, 0.2) is 18.2 Å². The zero-order chi connectivity index (χ0) is 15.2. The highest BCUT2D eigenvalue weighted by Crippen LogP contribution is 2.13.